The van der Waals surface area contributed by atoms with Crippen LogP contribution in [-0.4, -0.2) is 17.2 Å². The predicted octanol–water partition coefficient (Wildman–Crippen LogP) is 3.71. The zero-order valence-electron chi connectivity index (χ0n) is 12.1. The highest BCUT2D eigenvalue weighted by molar-refractivity contribution is 5.96. The molecule has 3 aromatic rings. The van der Waals surface area contributed by atoms with Crippen molar-refractivity contribution < 1.29 is 9.84 Å². The molecular formula is C18H17NO2. The van der Waals surface area contributed by atoms with Crippen LogP contribution in [0.15, 0.2) is 48.7 Å². The van der Waals surface area contributed by atoms with Gasteiger partial charge in [-0.2, -0.15) is 0 Å². The van der Waals surface area contributed by atoms with Gasteiger partial charge >= 0.3 is 0 Å². The van der Waals surface area contributed by atoms with Crippen LogP contribution in [-0.2, 0) is 6.61 Å². The Morgan fingerprint density at radius 2 is 2.00 bits per heavy atom. The smallest absolute Gasteiger partial charge is 0.121 e. The highest BCUT2D eigenvalue weighted by Crippen LogP contribution is 2.33. The van der Waals surface area contributed by atoms with E-state index in [0.717, 1.165) is 33.3 Å². The first-order valence-electron chi connectivity index (χ1n) is 6.86. The first-order chi connectivity index (χ1) is 10.2. The fraction of sp³-hybridized carbons (Fsp3) is 0.167. The van der Waals surface area contributed by atoms with Crippen molar-refractivity contribution in [1.29, 1.82) is 0 Å². The number of benzene rings is 2. The third kappa shape index (κ3) is 2.60. The molecule has 0 aliphatic carbocycles. The van der Waals surface area contributed by atoms with Gasteiger partial charge in [0, 0.05) is 17.6 Å². The number of aliphatic hydroxyl groups excluding tert-OH is 1. The lowest BCUT2D eigenvalue weighted by molar-refractivity contribution is 0.281. The van der Waals surface area contributed by atoms with Crippen LogP contribution < -0.4 is 4.74 Å². The molecule has 0 amide bonds. The van der Waals surface area contributed by atoms with Crippen molar-refractivity contribution in [3.05, 3.63) is 59.8 Å². The summed E-state index contributed by atoms with van der Waals surface area (Å²) in [5.74, 6) is 0.781. The summed E-state index contributed by atoms with van der Waals surface area (Å²) >= 11 is 0. The summed E-state index contributed by atoms with van der Waals surface area (Å²) in [6, 6.07) is 14.2. The normalized spacial score (nSPS) is 10.8. The summed E-state index contributed by atoms with van der Waals surface area (Å²) in [6.07, 6.45) is 1.70. The molecule has 0 fully saturated rings. The Hall–Kier alpha value is -2.39. The summed E-state index contributed by atoms with van der Waals surface area (Å²) < 4.78 is 5.38. The lowest BCUT2D eigenvalue weighted by atomic mass is 9.98. The lowest BCUT2D eigenvalue weighted by Crippen LogP contribution is -1.92. The molecule has 106 valence electrons. The average Bonchev–Trinajstić information content (AvgIpc) is 2.53. The third-order valence-electron chi connectivity index (χ3n) is 3.58. The summed E-state index contributed by atoms with van der Waals surface area (Å²) in [4.78, 5) is 4.43. The number of hydrogen-bond acceptors (Lipinski definition) is 3. The summed E-state index contributed by atoms with van der Waals surface area (Å²) in [5, 5.41) is 10.4. The van der Waals surface area contributed by atoms with E-state index in [9.17, 15) is 5.11 Å². The molecule has 1 heterocycles. The molecule has 3 heteroatoms. The molecule has 0 bridgehead atoms. The third-order valence-corrected chi connectivity index (χ3v) is 3.58. The molecule has 0 aliphatic heterocycles. The van der Waals surface area contributed by atoms with E-state index < -0.39 is 0 Å². The summed E-state index contributed by atoms with van der Waals surface area (Å²) in [7, 11) is 1.66. The zero-order chi connectivity index (χ0) is 14.8. The number of hydrogen-bond donors (Lipinski definition) is 1. The van der Waals surface area contributed by atoms with Crippen molar-refractivity contribution in [2.75, 3.05) is 7.11 Å². The molecule has 2 aromatic carbocycles. The van der Waals surface area contributed by atoms with Crippen molar-refractivity contribution in [2.24, 2.45) is 0 Å². The number of aliphatic hydroxyl groups is 1. The Kier molecular flexibility index (Phi) is 3.59. The summed E-state index contributed by atoms with van der Waals surface area (Å²) in [5.41, 5.74) is 5.06. The van der Waals surface area contributed by atoms with Crippen LogP contribution in [0.2, 0.25) is 0 Å². The zero-order valence-corrected chi connectivity index (χ0v) is 12.1. The number of nitrogens with zero attached hydrogens (tertiary/aromatic N) is 1. The second-order valence-corrected chi connectivity index (χ2v) is 5.11. The van der Waals surface area contributed by atoms with E-state index in [1.165, 1.54) is 5.56 Å². The number of ether oxygens (including phenoxy) is 1. The van der Waals surface area contributed by atoms with Crippen molar-refractivity contribution in [1.82, 2.24) is 4.98 Å². The number of aromatic nitrogens is 1. The second kappa shape index (κ2) is 5.54. The minimum absolute atomic E-state index is 0.0117. The van der Waals surface area contributed by atoms with E-state index in [-0.39, 0.29) is 6.61 Å². The molecule has 0 spiro atoms. The van der Waals surface area contributed by atoms with Crippen molar-refractivity contribution >= 4 is 10.9 Å². The first-order valence-corrected chi connectivity index (χ1v) is 6.86. The Bertz CT molecular complexity index is 796. The van der Waals surface area contributed by atoms with Gasteiger partial charge in [0.25, 0.3) is 0 Å². The van der Waals surface area contributed by atoms with Crippen molar-refractivity contribution in [3.8, 4) is 16.9 Å². The molecule has 0 unspecified atom stereocenters. The van der Waals surface area contributed by atoms with Gasteiger partial charge in [0.2, 0.25) is 0 Å². The molecule has 1 aromatic heterocycles. The van der Waals surface area contributed by atoms with Gasteiger partial charge in [-0.3, -0.25) is 4.98 Å². The number of rotatable bonds is 3. The Morgan fingerprint density at radius 1 is 1.14 bits per heavy atom. The molecular weight excluding hydrogens is 262 g/mol. The van der Waals surface area contributed by atoms with E-state index in [1.54, 1.807) is 13.3 Å². The van der Waals surface area contributed by atoms with E-state index in [2.05, 4.69) is 30.1 Å². The Balaban J connectivity index is 2.32. The van der Waals surface area contributed by atoms with E-state index in [4.69, 9.17) is 4.74 Å². The number of methoxy groups -OCH3 is 1. The number of fused-ring (bicyclic) bond motifs is 1. The Morgan fingerprint density at radius 3 is 2.71 bits per heavy atom. The highest BCUT2D eigenvalue weighted by Gasteiger charge is 2.09. The monoisotopic (exact) mass is 279 g/mol. The predicted molar refractivity (Wildman–Crippen MR) is 84.4 cm³/mol. The van der Waals surface area contributed by atoms with Gasteiger partial charge in [-0.15, -0.1) is 0 Å². The number of aryl methyl sites for hydroxylation is 1. The van der Waals surface area contributed by atoms with Gasteiger partial charge in [-0.1, -0.05) is 29.8 Å². The van der Waals surface area contributed by atoms with E-state index in [1.807, 2.05) is 24.3 Å². The van der Waals surface area contributed by atoms with Crippen LogP contribution in [0.5, 0.6) is 5.75 Å². The molecule has 0 radical (unpaired) electrons. The van der Waals surface area contributed by atoms with Gasteiger partial charge < -0.3 is 9.84 Å². The summed E-state index contributed by atoms with van der Waals surface area (Å²) in [6.45, 7) is 2.06. The minimum Gasteiger partial charge on any atom is -0.497 e. The molecule has 0 aliphatic rings. The quantitative estimate of drug-likeness (QED) is 0.794. The van der Waals surface area contributed by atoms with E-state index >= 15 is 0 Å². The molecule has 0 atom stereocenters. The van der Waals surface area contributed by atoms with Crippen LogP contribution >= 0.6 is 0 Å². The molecule has 3 rings (SSSR count). The van der Waals surface area contributed by atoms with Gasteiger partial charge in [-0.25, -0.2) is 0 Å². The van der Waals surface area contributed by atoms with Gasteiger partial charge in [-0.05, 0) is 35.7 Å². The fourth-order valence-electron chi connectivity index (χ4n) is 2.50. The maximum absolute atomic E-state index is 9.34. The fourth-order valence-corrected chi connectivity index (χ4v) is 2.50. The van der Waals surface area contributed by atoms with Crippen LogP contribution in [0.4, 0.5) is 0 Å². The standard InChI is InChI=1S/C18H17NO2/c1-12-4-3-5-14(6-12)16-8-15(21-2)9-18-17(16)7-13(11-20)10-19-18/h3-10,20H,11H2,1-2H3. The SMILES string of the molecule is COc1cc(-c2cccc(C)c2)c2cc(CO)cnc2c1. The largest absolute Gasteiger partial charge is 0.497 e. The molecule has 0 saturated carbocycles. The highest BCUT2D eigenvalue weighted by atomic mass is 16.5. The van der Waals surface area contributed by atoms with Crippen LogP contribution in [0.1, 0.15) is 11.1 Å². The molecule has 21 heavy (non-hydrogen) atoms. The average molecular weight is 279 g/mol. The first kappa shape index (κ1) is 13.6. The van der Waals surface area contributed by atoms with Crippen LogP contribution in [0.25, 0.3) is 22.0 Å². The maximum atomic E-state index is 9.34. The van der Waals surface area contributed by atoms with Crippen LogP contribution in [0, 0.1) is 6.92 Å². The number of pyridine rings is 1. The molecule has 0 saturated heterocycles. The van der Waals surface area contributed by atoms with Gasteiger partial charge in [0.15, 0.2) is 0 Å². The molecule has 1 N–H and O–H groups in total. The second-order valence-electron chi connectivity index (χ2n) is 5.11. The van der Waals surface area contributed by atoms with Crippen molar-refractivity contribution in [2.45, 2.75) is 13.5 Å². The lowest BCUT2D eigenvalue weighted by Gasteiger charge is -2.11. The van der Waals surface area contributed by atoms with Gasteiger partial charge in [0.1, 0.15) is 5.75 Å². The van der Waals surface area contributed by atoms with E-state index in [0.29, 0.717) is 0 Å². The van der Waals surface area contributed by atoms with Gasteiger partial charge in [0.05, 0.1) is 19.2 Å². The topological polar surface area (TPSA) is 42.4 Å². The maximum Gasteiger partial charge on any atom is 0.121 e. The Labute approximate surface area is 123 Å². The van der Waals surface area contributed by atoms with Crippen LogP contribution in [0.3, 0.4) is 0 Å². The minimum atomic E-state index is -0.0117. The van der Waals surface area contributed by atoms with Crippen molar-refractivity contribution in [3.63, 3.8) is 0 Å². The molecule has 3 nitrogen and oxygen atoms in total.